The van der Waals surface area contributed by atoms with E-state index in [1.807, 2.05) is 0 Å². The highest BCUT2D eigenvalue weighted by atomic mass is 16.6. The smallest absolute Gasteiger partial charge is 0.434 e. The van der Waals surface area contributed by atoms with E-state index in [9.17, 15) is 15.3 Å². The lowest BCUT2D eigenvalue weighted by Crippen LogP contribution is -2.11. The molecule has 7 nitrogen and oxygen atoms in total. The highest BCUT2D eigenvalue weighted by molar-refractivity contribution is 6.18. The van der Waals surface area contributed by atoms with E-state index in [4.69, 9.17) is 0 Å². The molecule has 0 radical (unpaired) electrons. The molecule has 1 aromatic heterocycles. The van der Waals surface area contributed by atoms with Crippen LogP contribution in [0.25, 0.3) is 5.57 Å². The SMILES string of the molecule is C=C(/C(C)=[N+](\C)[O-])c1cnc([N+](=O)[O-])n1C. The van der Waals surface area contributed by atoms with Crippen LogP contribution in [-0.2, 0) is 7.05 Å². The molecule has 0 N–H and O–H groups in total. The second-order valence-corrected chi connectivity index (χ2v) is 3.32. The Labute approximate surface area is 92.1 Å². The quantitative estimate of drug-likeness (QED) is 0.251. The van der Waals surface area contributed by atoms with Crippen molar-refractivity contribution in [2.24, 2.45) is 7.05 Å². The van der Waals surface area contributed by atoms with Crippen LogP contribution in [-0.4, -0.2) is 32.0 Å². The van der Waals surface area contributed by atoms with Gasteiger partial charge < -0.3 is 15.3 Å². The van der Waals surface area contributed by atoms with Crippen LogP contribution in [0.2, 0.25) is 0 Å². The zero-order chi connectivity index (χ0) is 12.5. The highest BCUT2D eigenvalue weighted by Crippen LogP contribution is 2.18. The molecule has 0 unspecified atom stereocenters. The molecule has 1 aromatic rings. The average molecular weight is 224 g/mol. The molecule has 86 valence electrons. The fraction of sp³-hybridized carbons (Fsp3) is 0.333. The van der Waals surface area contributed by atoms with Gasteiger partial charge in [0.05, 0.1) is 12.6 Å². The number of rotatable bonds is 3. The number of hydrogen-bond acceptors (Lipinski definition) is 4. The van der Waals surface area contributed by atoms with Crippen LogP contribution in [0.15, 0.2) is 12.8 Å². The monoisotopic (exact) mass is 224 g/mol. The topological polar surface area (TPSA) is 87.0 Å². The first-order valence-corrected chi connectivity index (χ1v) is 4.46. The van der Waals surface area contributed by atoms with E-state index < -0.39 is 4.92 Å². The van der Waals surface area contributed by atoms with Crippen LogP contribution < -0.4 is 0 Å². The van der Waals surface area contributed by atoms with Gasteiger partial charge in [0.15, 0.2) is 5.71 Å². The second-order valence-electron chi connectivity index (χ2n) is 3.32. The van der Waals surface area contributed by atoms with Crippen LogP contribution in [0.5, 0.6) is 0 Å². The number of nitro groups is 1. The highest BCUT2D eigenvalue weighted by Gasteiger charge is 2.22. The van der Waals surface area contributed by atoms with E-state index in [-0.39, 0.29) is 5.95 Å². The molecular weight excluding hydrogens is 212 g/mol. The molecule has 0 saturated heterocycles. The number of imidazole rings is 1. The Bertz CT molecular complexity index is 483. The molecular formula is C9H12N4O3. The van der Waals surface area contributed by atoms with Gasteiger partial charge in [-0.15, -0.1) is 0 Å². The summed E-state index contributed by atoms with van der Waals surface area (Å²) in [6, 6.07) is 0. The number of hydroxylamine groups is 1. The molecule has 0 bridgehead atoms. The van der Waals surface area contributed by atoms with Gasteiger partial charge in [0.25, 0.3) is 0 Å². The van der Waals surface area contributed by atoms with Gasteiger partial charge in [0, 0.05) is 6.92 Å². The van der Waals surface area contributed by atoms with Crippen molar-refractivity contribution in [3.05, 3.63) is 33.8 Å². The minimum absolute atomic E-state index is 0.280. The minimum atomic E-state index is -0.590. The zero-order valence-electron chi connectivity index (χ0n) is 9.30. The van der Waals surface area contributed by atoms with Crippen molar-refractivity contribution in [2.75, 3.05) is 7.05 Å². The molecule has 1 heterocycles. The van der Waals surface area contributed by atoms with Crippen LogP contribution >= 0.6 is 0 Å². The summed E-state index contributed by atoms with van der Waals surface area (Å²) < 4.78 is 1.94. The fourth-order valence-corrected chi connectivity index (χ4v) is 1.23. The Morgan fingerprint density at radius 3 is 2.50 bits per heavy atom. The summed E-state index contributed by atoms with van der Waals surface area (Å²) in [6.07, 6.45) is 1.33. The summed E-state index contributed by atoms with van der Waals surface area (Å²) in [5.74, 6) is -0.280. The van der Waals surface area contributed by atoms with Crippen LogP contribution in [0, 0.1) is 15.3 Å². The van der Waals surface area contributed by atoms with Crippen molar-refractivity contribution in [1.29, 1.82) is 0 Å². The summed E-state index contributed by atoms with van der Waals surface area (Å²) in [4.78, 5) is 13.6. The number of allylic oxidation sites excluding steroid dienone is 1. The van der Waals surface area contributed by atoms with Crippen molar-refractivity contribution in [3.8, 4) is 0 Å². The maximum absolute atomic E-state index is 11.1. The summed E-state index contributed by atoms with van der Waals surface area (Å²) in [6.45, 7) is 5.31. The number of hydrogen-bond donors (Lipinski definition) is 0. The fourth-order valence-electron chi connectivity index (χ4n) is 1.23. The standard InChI is InChI=1S/C9H12N4O3/c1-6(7(2)12(4)14)8-5-10-9(11(8)3)13(15)16/h5H,1H2,2-4H3/b12-7+. The van der Waals surface area contributed by atoms with Crippen LogP contribution in [0.3, 0.4) is 0 Å². The van der Waals surface area contributed by atoms with Gasteiger partial charge in [-0.05, 0) is 4.92 Å². The van der Waals surface area contributed by atoms with E-state index >= 15 is 0 Å². The molecule has 0 atom stereocenters. The normalized spacial score (nSPS) is 12.2. The van der Waals surface area contributed by atoms with Gasteiger partial charge in [0.2, 0.25) is 0 Å². The predicted octanol–water partition coefficient (Wildman–Crippen LogP) is 0.942. The van der Waals surface area contributed by atoms with E-state index in [1.54, 1.807) is 6.92 Å². The summed E-state index contributed by atoms with van der Waals surface area (Å²) in [7, 11) is 2.84. The lowest BCUT2D eigenvalue weighted by molar-refractivity contribution is -0.421. The maximum atomic E-state index is 11.1. The molecule has 7 heteroatoms. The zero-order valence-corrected chi connectivity index (χ0v) is 9.30. The van der Waals surface area contributed by atoms with Crippen molar-refractivity contribution < 1.29 is 9.66 Å². The maximum Gasteiger partial charge on any atom is 0.434 e. The number of aromatic nitrogens is 2. The molecule has 0 fully saturated rings. The molecule has 0 aliphatic rings. The first-order valence-electron chi connectivity index (χ1n) is 4.46. The van der Waals surface area contributed by atoms with Gasteiger partial charge >= 0.3 is 5.95 Å². The summed E-state index contributed by atoms with van der Waals surface area (Å²) in [5.41, 5.74) is 1.25. The molecule has 0 aliphatic carbocycles. The Kier molecular flexibility index (Phi) is 3.07. The van der Waals surface area contributed by atoms with Crippen molar-refractivity contribution in [2.45, 2.75) is 6.92 Å². The van der Waals surface area contributed by atoms with Crippen molar-refractivity contribution >= 4 is 17.2 Å². The second kappa shape index (κ2) is 4.13. The Morgan fingerprint density at radius 1 is 1.56 bits per heavy atom. The molecule has 0 aromatic carbocycles. The van der Waals surface area contributed by atoms with Gasteiger partial charge in [-0.1, -0.05) is 11.6 Å². The lowest BCUT2D eigenvalue weighted by Gasteiger charge is -2.04. The van der Waals surface area contributed by atoms with Gasteiger partial charge in [-0.25, -0.2) is 9.31 Å². The summed E-state index contributed by atoms with van der Waals surface area (Å²) >= 11 is 0. The summed E-state index contributed by atoms with van der Waals surface area (Å²) in [5, 5.41) is 21.6. The van der Waals surface area contributed by atoms with Gasteiger partial charge in [-0.3, -0.25) is 0 Å². The molecule has 0 saturated carbocycles. The predicted molar refractivity (Wildman–Crippen MR) is 59.1 cm³/mol. The van der Waals surface area contributed by atoms with E-state index in [2.05, 4.69) is 11.6 Å². The van der Waals surface area contributed by atoms with E-state index in [0.29, 0.717) is 21.7 Å². The van der Waals surface area contributed by atoms with Gasteiger partial charge in [0.1, 0.15) is 18.9 Å². The molecule has 0 aliphatic heterocycles. The van der Waals surface area contributed by atoms with Gasteiger partial charge in [-0.2, -0.15) is 0 Å². The van der Waals surface area contributed by atoms with Crippen LogP contribution in [0.4, 0.5) is 5.95 Å². The third-order valence-electron chi connectivity index (χ3n) is 2.35. The third kappa shape index (κ3) is 1.92. The molecule has 1 rings (SSSR count). The molecule has 0 spiro atoms. The van der Waals surface area contributed by atoms with E-state index in [0.717, 1.165) is 0 Å². The lowest BCUT2D eigenvalue weighted by atomic mass is 10.1. The first kappa shape index (κ1) is 11.9. The van der Waals surface area contributed by atoms with Crippen molar-refractivity contribution in [3.63, 3.8) is 0 Å². The molecule has 16 heavy (non-hydrogen) atoms. The third-order valence-corrected chi connectivity index (χ3v) is 2.35. The molecule has 0 amide bonds. The Hall–Kier alpha value is -2.18. The average Bonchev–Trinajstić information content (AvgIpc) is 2.57. The Morgan fingerprint density at radius 2 is 2.12 bits per heavy atom. The first-order chi connectivity index (χ1) is 7.36. The number of nitrogens with zero attached hydrogens (tertiary/aromatic N) is 4. The largest absolute Gasteiger partial charge is 0.624 e. The van der Waals surface area contributed by atoms with E-state index in [1.165, 1.54) is 24.9 Å². The minimum Gasteiger partial charge on any atom is -0.624 e. The van der Waals surface area contributed by atoms with Crippen molar-refractivity contribution in [1.82, 2.24) is 9.55 Å². The van der Waals surface area contributed by atoms with Crippen LogP contribution in [0.1, 0.15) is 12.6 Å². The Balaban J connectivity index is 3.22.